The zero-order valence-electron chi connectivity index (χ0n) is 45.0. The summed E-state index contributed by atoms with van der Waals surface area (Å²) in [6.45, 7) is 5.41. The highest BCUT2D eigenvalue weighted by molar-refractivity contribution is 5.87. The predicted molar refractivity (Wildman–Crippen MR) is 298 cm³/mol. The van der Waals surface area contributed by atoms with Crippen molar-refractivity contribution in [2.24, 2.45) is 0 Å². The second-order valence-electron chi connectivity index (χ2n) is 22.2. The van der Waals surface area contributed by atoms with Gasteiger partial charge in [-0.3, -0.25) is 0 Å². The molecular formula is C62H75N8O4+3. The molecule has 0 fully saturated rings. The molecule has 384 valence electrons. The lowest BCUT2D eigenvalue weighted by molar-refractivity contribution is -0.870. The molecule has 12 heteroatoms. The fraction of sp³-hybridized carbons (Fsp3) is 0.290. The summed E-state index contributed by atoms with van der Waals surface area (Å²) in [4.78, 5) is 15.9. The van der Waals surface area contributed by atoms with Crippen molar-refractivity contribution in [2.75, 3.05) is 123 Å². The van der Waals surface area contributed by atoms with Crippen molar-refractivity contribution in [1.82, 2.24) is 25.3 Å². The van der Waals surface area contributed by atoms with Gasteiger partial charge in [0.05, 0.1) is 63.4 Å². The van der Waals surface area contributed by atoms with Gasteiger partial charge in [0.2, 0.25) is 0 Å². The zero-order valence-corrected chi connectivity index (χ0v) is 45.0. The molecule has 0 saturated heterocycles. The molecule has 8 aromatic rings. The number of nitrogens with one attached hydrogen (secondary N) is 5. The van der Waals surface area contributed by atoms with Crippen molar-refractivity contribution in [1.29, 1.82) is 0 Å². The molecule has 9 rings (SSSR count). The molecule has 0 atom stereocenters. The third kappa shape index (κ3) is 12.1. The van der Waals surface area contributed by atoms with Crippen LogP contribution in [0.4, 0.5) is 0 Å². The number of hydrogen-bond acceptors (Lipinski definition) is 5. The van der Waals surface area contributed by atoms with Crippen LogP contribution >= 0.6 is 0 Å². The van der Waals surface area contributed by atoms with E-state index in [4.69, 9.17) is 18.9 Å². The number of para-hydroxylation sites is 4. The second-order valence-corrected chi connectivity index (χ2v) is 22.2. The summed E-state index contributed by atoms with van der Waals surface area (Å²) in [7, 11) is 21.6. The summed E-state index contributed by atoms with van der Waals surface area (Å²) >= 11 is 0. The van der Waals surface area contributed by atoms with E-state index in [2.05, 4.69) is 210 Å². The SMILES string of the molecule is CNCCOc1ccccc1C1=c2ccc([nH]2)=C(c2ccccc2OCC[N+](C)(C)C)c2ccc([nH]2)C(c2ccccc2OCC[N+](C)(C)C)=c2ccc([nH]2)=C(c2ccccc2OCC[N+](C)(C)C)c2ccc1[nH]2. The third-order valence-electron chi connectivity index (χ3n) is 13.2. The van der Waals surface area contributed by atoms with Gasteiger partial charge in [-0.1, -0.05) is 72.8 Å². The molecule has 0 amide bonds. The van der Waals surface area contributed by atoms with Crippen LogP contribution in [0.15, 0.2) is 146 Å². The lowest BCUT2D eigenvalue weighted by atomic mass is 10.0. The van der Waals surface area contributed by atoms with Crippen LogP contribution in [0.5, 0.6) is 23.0 Å². The molecule has 4 aromatic carbocycles. The first-order valence-electron chi connectivity index (χ1n) is 25.8. The van der Waals surface area contributed by atoms with E-state index >= 15 is 0 Å². The van der Waals surface area contributed by atoms with Crippen molar-refractivity contribution in [3.05, 3.63) is 212 Å². The normalized spacial score (nSPS) is 13.1. The van der Waals surface area contributed by atoms with Crippen LogP contribution < -0.4 is 45.7 Å². The summed E-state index contributed by atoms with van der Waals surface area (Å²) in [6.07, 6.45) is 0. The maximum absolute atomic E-state index is 6.72. The molecule has 5 heterocycles. The Bertz CT molecular complexity index is 3480. The predicted octanol–water partition coefficient (Wildman–Crippen LogP) is 6.15. The lowest BCUT2D eigenvalue weighted by Gasteiger charge is -2.24. The number of H-pyrrole nitrogens is 4. The van der Waals surface area contributed by atoms with Crippen LogP contribution in [0, 0.1) is 0 Å². The Labute approximate surface area is 436 Å². The van der Waals surface area contributed by atoms with Gasteiger partial charge in [-0.15, -0.1) is 0 Å². The van der Waals surface area contributed by atoms with Crippen LogP contribution in [0.25, 0.3) is 22.3 Å². The topological polar surface area (TPSA) is 112 Å². The Morgan fingerprint density at radius 1 is 0.324 bits per heavy atom. The number of hydrogen-bond donors (Lipinski definition) is 5. The van der Waals surface area contributed by atoms with E-state index in [1.807, 2.05) is 31.3 Å². The van der Waals surface area contributed by atoms with E-state index in [0.717, 1.165) is 145 Å². The zero-order chi connectivity index (χ0) is 52.0. The molecule has 74 heavy (non-hydrogen) atoms. The molecule has 0 saturated carbocycles. The highest BCUT2D eigenvalue weighted by atomic mass is 16.5. The molecule has 1 aliphatic heterocycles. The van der Waals surface area contributed by atoms with E-state index in [0.29, 0.717) is 33.0 Å². The average molecular weight is 996 g/mol. The van der Waals surface area contributed by atoms with Crippen LogP contribution in [-0.2, 0) is 0 Å². The lowest BCUT2D eigenvalue weighted by Crippen LogP contribution is -2.38. The Hall–Kier alpha value is -7.48. The molecule has 4 aromatic heterocycles. The number of aromatic nitrogens is 4. The summed E-state index contributed by atoms with van der Waals surface area (Å²) in [5.74, 6) is 3.20. The summed E-state index contributed by atoms with van der Waals surface area (Å²) in [6, 6.07) is 50.9. The van der Waals surface area contributed by atoms with Crippen molar-refractivity contribution < 1.29 is 32.4 Å². The van der Waals surface area contributed by atoms with Gasteiger partial charge in [0.25, 0.3) is 0 Å². The van der Waals surface area contributed by atoms with Crippen LogP contribution in [-0.4, -0.2) is 156 Å². The Kier molecular flexibility index (Phi) is 15.2. The standard InChI is InChI=1S/C62H75N8O4/c1-63-35-39-71-55-23-15-11-19-43(55)59-47-27-29-49(64-47)60(44-20-12-16-24-56(44)72-40-36-68(2,3)4)51-31-33-53(66-51)62(46-22-14-18-26-58(46)74-42-38-70(8,9)10)54-34-32-52(67-54)61(50-30-28-48(59)65-50)45-21-13-17-25-57(45)73-41-37-69(5,6)7/h11-34,63-67H,35-42H2,1-10H3/q+3. The summed E-state index contributed by atoms with van der Waals surface area (Å²) in [5, 5.41) is 6.91. The first-order chi connectivity index (χ1) is 35.5. The number of aromatic amines is 4. The van der Waals surface area contributed by atoms with E-state index in [1.165, 1.54) is 0 Å². The fourth-order valence-corrected chi connectivity index (χ4v) is 9.24. The molecule has 5 N–H and O–H groups in total. The van der Waals surface area contributed by atoms with E-state index in [-0.39, 0.29) is 0 Å². The number of quaternary nitrogens is 3. The number of rotatable bonds is 20. The highest BCUT2D eigenvalue weighted by Crippen LogP contribution is 2.36. The minimum Gasteiger partial charge on any atom is -0.492 e. The quantitative estimate of drug-likeness (QED) is 0.0465. The number of likely N-dealkylation sites (N-methyl/N-ethyl adjacent to an activating group) is 4. The van der Waals surface area contributed by atoms with Crippen LogP contribution in [0.1, 0.15) is 45.0 Å². The Morgan fingerprint density at radius 2 is 0.581 bits per heavy atom. The number of fused-ring (bicyclic) bond motifs is 8. The van der Waals surface area contributed by atoms with E-state index in [1.54, 1.807) is 0 Å². The highest BCUT2D eigenvalue weighted by Gasteiger charge is 2.24. The largest absolute Gasteiger partial charge is 0.492 e. The molecule has 0 radical (unpaired) electrons. The van der Waals surface area contributed by atoms with E-state index in [9.17, 15) is 0 Å². The van der Waals surface area contributed by atoms with Crippen molar-refractivity contribution in [3.8, 4) is 23.0 Å². The second kappa shape index (κ2) is 21.9. The van der Waals surface area contributed by atoms with Gasteiger partial charge in [-0.2, -0.15) is 0 Å². The first-order valence-corrected chi connectivity index (χ1v) is 25.8. The molecular weight excluding hydrogens is 921 g/mol. The molecule has 1 aliphatic rings. The van der Waals surface area contributed by atoms with Gasteiger partial charge in [-0.05, 0) is 79.8 Å². The number of nitrogens with zero attached hydrogens (tertiary/aromatic N) is 3. The molecule has 0 aliphatic carbocycles. The Balaban J connectivity index is 1.37. The number of benzene rings is 4. The Morgan fingerprint density at radius 3 is 0.838 bits per heavy atom. The average Bonchev–Trinajstić information content (AvgIpc) is 4.21. The van der Waals surface area contributed by atoms with Crippen LogP contribution in [0.2, 0.25) is 0 Å². The molecule has 8 bridgehead atoms. The van der Waals surface area contributed by atoms with Gasteiger partial charge in [-0.25, -0.2) is 0 Å². The van der Waals surface area contributed by atoms with Crippen molar-refractivity contribution in [3.63, 3.8) is 0 Å². The van der Waals surface area contributed by atoms with Gasteiger partial charge in [0, 0.05) is 95.3 Å². The summed E-state index contributed by atoms with van der Waals surface area (Å²) in [5.41, 5.74) is 11.4. The minimum atomic E-state index is 0.508. The van der Waals surface area contributed by atoms with Gasteiger partial charge >= 0.3 is 0 Å². The van der Waals surface area contributed by atoms with Crippen molar-refractivity contribution >= 4 is 22.3 Å². The monoisotopic (exact) mass is 996 g/mol. The van der Waals surface area contributed by atoms with Gasteiger partial charge in [0.1, 0.15) is 69.1 Å². The molecule has 0 unspecified atom stereocenters. The van der Waals surface area contributed by atoms with Crippen LogP contribution in [0.3, 0.4) is 0 Å². The van der Waals surface area contributed by atoms with Gasteiger partial charge in [0.15, 0.2) is 0 Å². The number of ether oxygens (including phenoxy) is 4. The van der Waals surface area contributed by atoms with Crippen molar-refractivity contribution in [2.45, 2.75) is 0 Å². The fourth-order valence-electron chi connectivity index (χ4n) is 9.24. The molecule has 0 spiro atoms. The molecule has 12 nitrogen and oxygen atoms in total. The smallest absolute Gasteiger partial charge is 0.137 e. The summed E-state index contributed by atoms with van der Waals surface area (Å²) < 4.78 is 29.1. The third-order valence-corrected chi connectivity index (χ3v) is 13.2. The van der Waals surface area contributed by atoms with Gasteiger partial charge < -0.3 is 57.6 Å². The first kappa shape index (κ1) is 51.4. The maximum atomic E-state index is 6.72. The maximum Gasteiger partial charge on any atom is 0.137 e. The minimum absolute atomic E-state index is 0.508. The van der Waals surface area contributed by atoms with E-state index < -0.39 is 0 Å².